The Morgan fingerprint density at radius 3 is 2.65 bits per heavy atom. The normalized spacial score (nSPS) is 10.2. The molecule has 0 spiro atoms. The van der Waals surface area contributed by atoms with Crippen molar-refractivity contribution in [3.63, 3.8) is 0 Å². The van der Waals surface area contributed by atoms with Crippen molar-refractivity contribution in [2.24, 2.45) is 0 Å². The van der Waals surface area contributed by atoms with Crippen molar-refractivity contribution in [3.8, 4) is 5.75 Å². The standard InChI is InChI=1S/C18H21ClN2O2/c1-13-7-8-17(14(2)11-13)23-10-9-20-18(22)21-12-15-5-3-4-6-16(15)19/h3-8,11H,9-10,12H2,1-2H3,(H2,20,21,22). The van der Waals surface area contributed by atoms with Gasteiger partial charge in [0.1, 0.15) is 12.4 Å². The van der Waals surface area contributed by atoms with Gasteiger partial charge in [-0.2, -0.15) is 0 Å². The van der Waals surface area contributed by atoms with E-state index < -0.39 is 0 Å². The van der Waals surface area contributed by atoms with E-state index in [2.05, 4.69) is 16.7 Å². The maximum absolute atomic E-state index is 11.7. The number of halogens is 1. The average molecular weight is 333 g/mol. The molecule has 0 aliphatic rings. The minimum atomic E-state index is -0.242. The molecule has 0 heterocycles. The van der Waals surface area contributed by atoms with Gasteiger partial charge in [0.25, 0.3) is 0 Å². The molecule has 23 heavy (non-hydrogen) atoms. The molecule has 0 saturated carbocycles. The van der Waals surface area contributed by atoms with Crippen LogP contribution in [0.5, 0.6) is 5.75 Å². The number of ether oxygens (including phenoxy) is 1. The minimum absolute atomic E-state index is 0.242. The monoisotopic (exact) mass is 332 g/mol. The lowest BCUT2D eigenvalue weighted by Gasteiger charge is -2.11. The van der Waals surface area contributed by atoms with Crippen LogP contribution in [0, 0.1) is 13.8 Å². The highest BCUT2D eigenvalue weighted by Gasteiger charge is 2.03. The Balaban J connectivity index is 1.68. The molecule has 0 unspecified atom stereocenters. The zero-order chi connectivity index (χ0) is 16.7. The second-order valence-corrected chi connectivity index (χ2v) is 5.73. The summed E-state index contributed by atoms with van der Waals surface area (Å²) in [4.78, 5) is 11.7. The van der Waals surface area contributed by atoms with Crippen LogP contribution < -0.4 is 15.4 Å². The number of hydrogen-bond donors (Lipinski definition) is 2. The van der Waals surface area contributed by atoms with Crippen molar-refractivity contribution in [3.05, 3.63) is 64.2 Å². The molecule has 0 radical (unpaired) electrons. The zero-order valence-corrected chi connectivity index (χ0v) is 14.1. The van der Waals surface area contributed by atoms with E-state index in [9.17, 15) is 4.79 Å². The van der Waals surface area contributed by atoms with Crippen LogP contribution in [-0.2, 0) is 6.54 Å². The molecule has 4 nitrogen and oxygen atoms in total. The van der Waals surface area contributed by atoms with Crippen LogP contribution in [0.25, 0.3) is 0 Å². The summed E-state index contributed by atoms with van der Waals surface area (Å²) in [6, 6.07) is 13.2. The molecule has 2 aromatic rings. The summed E-state index contributed by atoms with van der Waals surface area (Å²) >= 11 is 6.04. The number of aryl methyl sites for hydroxylation is 2. The van der Waals surface area contributed by atoms with Crippen LogP contribution in [0.4, 0.5) is 4.79 Å². The van der Waals surface area contributed by atoms with Gasteiger partial charge in [0.15, 0.2) is 0 Å². The molecule has 0 saturated heterocycles. The van der Waals surface area contributed by atoms with Gasteiger partial charge in [-0.25, -0.2) is 4.79 Å². The van der Waals surface area contributed by atoms with Crippen molar-refractivity contribution in [2.45, 2.75) is 20.4 Å². The van der Waals surface area contributed by atoms with Gasteiger partial charge < -0.3 is 15.4 Å². The van der Waals surface area contributed by atoms with Crippen molar-refractivity contribution < 1.29 is 9.53 Å². The first-order chi connectivity index (χ1) is 11.1. The van der Waals surface area contributed by atoms with E-state index >= 15 is 0 Å². The third-order valence-corrected chi connectivity index (χ3v) is 3.74. The molecule has 2 rings (SSSR count). The van der Waals surface area contributed by atoms with Gasteiger partial charge in [0.2, 0.25) is 0 Å². The highest BCUT2D eigenvalue weighted by atomic mass is 35.5. The van der Waals surface area contributed by atoms with E-state index in [1.807, 2.05) is 44.2 Å². The lowest BCUT2D eigenvalue weighted by Crippen LogP contribution is -2.37. The largest absolute Gasteiger partial charge is 0.491 e. The van der Waals surface area contributed by atoms with Gasteiger partial charge >= 0.3 is 6.03 Å². The second kappa shape index (κ2) is 8.44. The molecule has 2 N–H and O–H groups in total. The van der Waals surface area contributed by atoms with E-state index in [0.717, 1.165) is 16.9 Å². The summed E-state index contributed by atoms with van der Waals surface area (Å²) in [5.41, 5.74) is 3.18. The van der Waals surface area contributed by atoms with E-state index in [1.54, 1.807) is 6.07 Å². The van der Waals surface area contributed by atoms with Gasteiger partial charge in [-0.05, 0) is 37.1 Å². The Hall–Kier alpha value is -2.20. The predicted octanol–water partition coefficient (Wildman–Crippen LogP) is 3.84. The lowest BCUT2D eigenvalue weighted by molar-refractivity contribution is 0.236. The molecular weight excluding hydrogens is 312 g/mol. The average Bonchev–Trinajstić information content (AvgIpc) is 2.52. The number of carbonyl (C=O) groups excluding carboxylic acids is 1. The smallest absolute Gasteiger partial charge is 0.315 e. The van der Waals surface area contributed by atoms with Crippen LogP contribution in [0.3, 0.4) is 0 Å². The van der Waals surface area contributed by atoms with Crippen LogP contribution in [0.15, 0.2) is 42.5 Å². The van der Waals surface area contributed by atoms with Gasteiger partial charge in [-0.3, -0.25) is 0 Å². The topological polar surface area (TPSA) is 50.4 Å². The molecule has 0 aliphatic heterocycles. The van der Waals surface area contributed by atoms with Crippen LogP contribution in [-0.4, -0.2) is 19.2 Å². The summed E-state index contributed by atoms with van der Waals surface area (Å²) in [6.07, 6.45) is 0. The maximum Gasteiger partial charge on any atom is 0.315 e. The van der Waals surface area contributed by atoms with E-state index in [1.165, 1.54) is 5.56 Å². The molecule has 0 fully saturated rings. The quantitative estimate of drug-likeness (QED) is 0.790. The van der Waals surface area contributed by atoms with Gasteiger partial charge in [-0.15, -0.1) is 0 Å². The number of hydrogen-bond acceptors (Lipinski definition) is 2. The Morgan fingerprint density at radius 2 is 1.91 bits per heavy atom. The molecule has 0 bridgehead atoms. The Kier molecular flexibility index (Phi) is 6.29. The number of rotatable bonds is 6. The molecule has 5 heteroatoms. The Bertz CT molecular complexity index is 674. The number of benzene rings is 2. The van der Waals surface area contributed by atoms with E-state index in [-0.39, 0.29) is 6.03 Å². The van der Waals surface area contributed by atoms with E-state index in [4.69, 9.17) is 16.3 Å². The van der Waals surface area contributed by atoms with Crippen molar-refractivity contribution in [2.75, 3.05) is 13.2 Å². The van der Waals surface area contributed by atoms with Crippen LogP contribution in [0.2, 0.25) is 5.02 Å². The fourth-order valence-electron chi connectivity index (χ4n) is 2.17. The molecule has 2 aromatic carbocycles. The van der Waals surface area contributed by atoms with Gasteiger partial charge in [0.05, 0.1) is 6.54 Å². The minimum Gasteiger partial charge on any atom is -0.491 e. The SMILES string of the molecule is Cc1ccc(OCCNC(=O)NCc2ccccc2Cl)c(C)c1. The van der Waals surface area contributed by atoms with Crippen LogP contribution in [0.1, 0.15) is 16.7 Å². The summed E-state index contributed by atoms with van der Waals surface area (Å²) < 4.78 is 5.66. The number of nitrogens with one attached hydrogen (secondary N) is 2. The number of carbonyl (C=O) groups is 1. The fourth-order valence-corrected chi connectivity index (χ4v) is 2.37. The predicted molar refractivity (Wildman–Crippen MR) is 93.1 cm³/mol. The first-order valence-electron chi connectivity index (χ1n) is 7.51. The Labute approximate surface area is 141 Å². The van der Waals surface area contributed by atoms with E-state index in [0.29, 0.717) is 24.7 Å². The summed E-state index contributed by atoms with van der Waals surface area (Å²) in [6.45, 7) is 5.29. The molecule has 0 aliphatic carbocycles. The highest BCUT2D eigenvalue weighted by molar-refractivity contribution is 6.31. The van der Waals surface area contributed by atoms with Gasteiger partial charge in [-0.1, -0.05) is 47.5 Å². The molecule has 2 amide bonds. The summed E-state index contributed by atoms with van der Waals surface area (Å²) in [5, 5.41) is 6.17. The van der Waals surface area contributed by atoms with Crippen LogP contribution >= 0.6 is 11.6 Å². The molecule has 0 aromatic heterocycles. The van der Waals surface area contributed by atoms with Gasteiger partial charge in [0, 0.05) is 11.6 Å². The first kappa shape index (κ1) is 17.2. The highest BCUT2D eigenvalue weighted by Crippen LogP contribution is 2.18. The lowest BCUT2D eigenvalue weighted by atomic mass is 10.1. The third-order valence-electron chi connectivity index (χ3n) is 3.37. The summed E-state index contributed by atoms with van der Waals surface area (Å²) in [5.74, 6) is 0.842. The molecule has 0 atom stereocenters. The Morgan fingerprint density at radius 1 is 1.13 bits per heavy atom. The fraction of sp³-hybridized carbons (Fsp3) is 0.278. The number of urea groups is 1. The number of amides is 2. The third kappa shape index (κ3) is 5.49. The molecular formula is C18H21ClN2O2. The van der Waals surface area contributed by atoms with Crippen molar-refractivity contribution in [1.29, 1.82) is 0 Å². The van der Waals surface area contributed by atoms with Crippen molar-refractivity contribution in [1.82, 2.24) is 10.6 Å². The summed E-state index contributed by atoms with van der Waals surface area (Å²) in [7, 11) is 0. The molecule has 122 valence electrons. The second-order valence-electron chi connectivity index (χ2n) is 5.32. The zero-order valence-electron chi connectivity index (χ0n) is 13.4. The van der Waals surface area contributed by atoms with Crippen molar-refractivity contribution >= 4 is 17.6 Å². The first-order valence-corrected chi connectivity index (χ1v) is 7.89. The maximum atomic E-state index is 11.7.